The third-order valence-corrected chi connectivity index (χ3v) is 4.57. The van der Waals surface area contributed by atoms with Crippen LogP contribution >= 0.6 is 0 Å². The SMILES string of the molecule is O=C(NC[C@@]1(O)CCCN(c2ncccn2)C1)C1CCOCC1. The molecule has 0 unspecified atom stereocenters. The minimum Gasteiger partial charge on any atom is -0.386 e. The third kappa shape index (κ3) is 4.17. The Hall–Kier alpha value is -1.73. The molecule has 2 aliphatic heterocycles. The van der Waals surface area contributed by atoms with Gasteiger partial charge in [-0.25, -0.2) is 9.97 Å². The highest BCUT2D eigenvalue weighted by molar-refractivity contribution is 5.78. The van der Waals surface area contributed by atoms with E-state index in [1.807, 2.05) is 4.90 Å². The molecule has 23 heavy (non-hydrogen) atoms. The number of carbonyl (C=O) groups is 1. The summed E-state index contributed by atoms with van der Waals surface area (Å²) in [5.41, 5.74) is -0.932. The number of rotatable bonds is 4. The van der Waals surface area contributed by atoms with Gasteiger partial charge >= 0.3 is 0 Å². The Labute approximate surface area is 136 Å². The summed E-state index contributed by atoms with van der Waals surface area (Å²) in [5, 5.41) is 13.7. The number of aromatic nitrogens is 2. The molecule has 0 aromatic carbocycles. The number of hydrogen-bond acceptors (Lipinski definition) is 6. The van der Waals surface area contributed by atoms with Crippen molar-refractivity contribution in [3.63, 3.8) is 0 Å². The van der Waals surface area contributed by atoms with Gasteiger partial charge in [0.05, 0.1) is 12.1 Å². The Morgan fingerprint density at radius 3 is 2.87 bits per heavy atom. The van der Waals surface area contributed by atoms with Gasteiger partial charge in [-0.15, -0.1) is 0 Å². The molecule has 0 bridgehead atoms. The van der Waals surface area contributed by atoms with Crippen LogP contribution in [0.2, 0.25) is 0 Å². The Morgan fingerprint density at radius 1 is 1.39 bits per heavy atom. The second-order valence-corrected chi connectivity index (χ2v) is 6.40. The zero-order chi connectivity index (χ0) is 16.1. The molecule has 1 aromatic heterocycles. The number of nitrogens with one attached hydrogen (secondary N) is 1. The molecule has 1 atom stereocenters. The quantitative estimate of drug-likeness (QED) is 0.832. The summed E-state index contributed by atoms with van der Waals surface area (Å²) in [4.78, 5) is 22.7. The summed E-state index contributed by atoms with van der Waals surface area (Å²) in [5.74, 6) is 0.653. The van der Waals surface area contributed by atoms with Gasteiger partial charge in [-0.05, 0) is 31.7 Å². The van der Waals surface area contributed by atoms with E-state index in [-0.39, 0.29) is 18.4 Å². The predicted molar refractivity (Wildman–Crippen MR) is 85.0 cm³/mol. The van der Waals surface area contributed by atoms with Crippen LogP contribution in [0.15, 0.2) is 18.5 Å². The number of hydrogen-bond donors (Lipinski definition) is 2. The molecule has 0 saturated carbocycles. The van der Waals surface area contributed by atoms with E-state index in [1.165, 1.54) is 0 Å². The zero-order valence-electron chi connectivity index (χ0n) is 13.3. The summed E-state index contributed by atoms with van der Waals surface area (Å²) in [6.45, 7) is 2.81. The number of ether oxygens (including phenoxy) is 1. The first-order chi connectivity index (χ1) is 11.2. The highest BCUT2D eigenvalue weighted by atomic mass is 16.5. The fourth-order valence-corrected chi connectivity index (χ4v) is 3.24. The van der Waals surface area contributed by atoms with Crippen molar-refractivity contribution in [2.75, 3.05) is 37.7 Å². The van der Waals surface area contributed by atoms with Gasteiger partial charge in [0.15, 0.2) is 0 Å². The largest absolute Gasteiger partial charge is 0.386 e. The lowest BCUT2D eigenvalue weighted by molar-refractivity contribution is -0.129. The van der Waals surface area contributed by atoms with Gasteiger partial charge < -0.3 is 20.1 Å². The van der Waals surface area contributed by atoms with E-state index < -0.39 is 5.60 Å². The van der Waals surface area contributed by atoms with Crippen molar-refractivity contribution < 1.29 is 14.6 Å². The number of anilines is 1. The second kappa shape index (κ2) is 7.23. The van der Waals surface area contributed by atoms with Crippen molar-refractivity contribution in [2.45, 2.75) is 31.3 Å². The fraction of sp³-hybridized carbons (Fsp3) is 0.688. The molecule has 0 radical (unpaired) electrons. The molecule has 0 spiro atoms. The average Bonchev–Trinajstić information content (AvgIpc) is 2.61. The summed E-state index contributed by atoms with van der Waals surface area (Å²) >= 11 is 0. The van der Waals surface area contributed by atoms with Crippen molar-refractivity contribution in [3.05, 3.63) is 18.5 Å². The van der Waals surface area contributed by atoms with Crippen LogP contribution in [0.5, 0.6) is 0 Å². The van der Waals surface area contributed by atoms with Crippen LogP contribution in [0, 0.1) is 5.92 Å². The molecule has 2 aliphatic rings. The molecular weight excluding hydrogens is 296 g/mol. The first-order valence-electron chi connectivity index (χ1n) is 8.26. The molecule has 3 rings (SSSR count). The fourth-order valence-electron chi connectivity index (χ4n) is 3.24. The number of nitrogens with zero attached hydrogens (tertiary/aromatic N) is 3. The number of amides is 1. The predicted octanol–water partition coefficient (Wildman–Crippen LogP) is 0.351. The molecular formula is C16H24N4O3. The van der Waals surface area contributed by atoms with Crippen LogP contribution in [0.1, 0.15) is 25.7 Å². The van der Waals surface area contributed by atoms with Gasteiger partial charge in [0.25, 0.3) is 0 Å². The lowest BCUT2D eigenvalue weighted by Crippen LogP contribution is -2.55. The topological polar surface area (TPSA) is 87.6 Å². The van der Waals surface area contributed by atoms with Gasteiger partial charge in [0.1, 0.15) is 0 Å². The van der Waals surface area contributed by atoms with Gasteiger partial charge in [-0.1, -0.05) is 0 Å². The monoisotopic (exact) mass is 320 g/mol. The molecule has 7 heteroatoms. The van der Waals surface area contributed by atoms with Crippen LogP contribution in [-0.2, 0) is 9.53 Å². The highest BCUT2D eigenvalue weighted by Gasteiger charge is 2.35. The third-order valence-electron chi connectivity index (χ3n) is 4.57. The van der Waals surface area contributed by atoms with Crippen molar-refractivity contribution in [1.82, 2.24) is 15.3 Å². The molecule has 1 amide bonds. The lowest BCUT2D eigenvalue weighted by atomic mass is 9.92. The van der Waals surface area contributed by atoms with E-state index in [4.69, 9.17) is 4.74 Å². The average molecular weight is 320 g/mol. The van der Waals surface area contributed by atoms with Crippen molar-refractivity contribution in [1.29, 1.82) is 0 Å². The normalized spacial score (nSPS) is 26.0. The first kappa shape index (κ1) is 16.1. The van der Waals surface area contributed by atoms with Gasteiger partial charge in [-0.3, -0.25) is 4.79 Å². The zero-order valence-corrected chi connectivity index (χ0v) is 13.3. The van der Waals surface area contributed by atoms with E-state index in [2.05, 4.69) is 15.3 Å². The molecule has 0 aliphatic carbocycles. The molecule has 3 heterocycles. The summed E-state index contributed by atoms with van der Waals surface area (Å²) < 4.78 is 5.28. The Bertz CT molecular complexity index is 521. The van der Waals surface area contributed by atoms with Gasteiger partial charge in [-0.2, -0.15) is 0 Å². The maximum absolute atomic E-state index is 12.2. The number of aliphatic hydroxyl groups is 1. The summed E-state index contributed by atoms with van der Waals surface area (Å²) in [7, 11) is 0. The van der Waals surface area contributed by atoms with Crippen molar-refractivity contribution in [2.24, 2.45) is 5.92 Å². The minimum atomic E-state index is -0.932. The van der Waals surface area contributed by atoms with E-state index in [1.54, 1.807) is 18.5 Å². The summed E-state index contributed by atoms with van der Waals surface area (Å²) in [6, 6.07) is 1.77. The van der Waals surface area contributed by atoms with E-state index in [0.29, 0.717) is 32.1 Å². The van der Waals surface area contributed by atoms with Crippen LogP contribution < -0.4 is 10.2 Å². The maximum Gasteiger partial charge on any atom is 0.225 e. The van der Waals surface area contributed by atoms with Crippen LogP contribution in [-0.4, -0.2) is 59.4 Å². The van der Waals surface area contributed by atoms with Crippen molar-refractivity contribution >= 4 is 11.9 Å². The Balaban J connectivity index is 1.54. The van der Waals surface area contributed by atoms with Crippen LogP contribution in [0.25, 0.3) is 0 Å². The minimum absolute atomic E-state index is 0.00417. The molecule has 2 fully saturated rings. The highest BCUT2D eigenvalue weighted by Crippen LogP contribution is 2.23. The standard InChI is InChI=1S/C16H24N4O3/c21-14(13-3-9-23-10-4-13)19-11-16(22)5-1-8-20(12-16)15-17-6-2-7-18-15/h2,6-7,13,22H,1,3-5,8-12H2,(H,19,21)/t16-/m0/s1. The molecule has 1 aromatic rings. The molecule has 2 saturated heterocycles. The molecule has 7 nitrogen and oxygen atoms in total. The maximum atomic E-state index is 12.2. The molecule has 2 N–H and O–H groups in total. The van der Waals surface area contributed by atoms with Gasteiger partial charge in [0, 0.05) is 44.6 Å². The van der Waals surface area contributed by atoms with Crippen molar-refractivity contribution in [3.8, 4) is 0 Å². The van der Waals surface area contributed by atoms with Crippen LogP contribution in [0.3, 0.4) is 0 Å². The smallest absolute Gasteiger partial charge is 0.225 e. The second-order valence-electron chi connectivity index (χ2n) is 6.40. The Morgan fingerprint density at radius 2 is 2.13 bits per heavy atom. The Kier molecular flexibility index (Phi) is 5.07. The summed E-state index contributed by atoms with van der Waals surface area (Å²) in [6.07, 6.45) is 6.43. The lowest BCUT2D eigenvalue weighted by Gasteiger charge is -2.39. The number of piperidine rings is 1. The number of β-amino-alcohol motifs (C(OH)–C–C–N with tert-alkyl or cyclic N) is 1. The van der Waals surface area contributed by atoms with E-state index in [9.17, 15) is 9.90 Å². The number of carbonyl (C=O) groups excluding carboxylic acids is 1. The van der Waals surface area contributed by atoms with E-state index >= 15 is 0 Å². The first-order valence-corrected chi connectivity index (χ1v) is 8.26. The van der Waals surface area contributed by atoms with Gasteiger partial charge in [0.2, 0.25) is 11.9 Å². The van der Waals surface area contributed by atoms with E-state index in [0.717, 1.165) is 25.8 Å². The molecule has 126 valence electrons. The van der Waals surface area contributed by atoms with Crippen LogP contribution in [0.4, 0.5) is 5.95 Å².